The van der Waals surface area contributed by atoms with E-state index in [1.54, 1.807) is 0 Å². The molecule has 3 aromatic rings. The summed E-state index contributed by atoms with van der Waals surface area (Å²) in [4.78, 5) is 0. The van der Waals surface area contributed by atoms with Gasteiger partial charge in [-0.1, -0.05) is 41.9 Å². The maximum absolute atomic E-state index is 6.26. The van der Waals surface area contributed by atoms with Crippen molar-refractivity contribution < 1.29 is 9.47 Å². The molecule has 0 radical (unpaired) electrons. The van der Waals surface area contributed by atoms with Gasteiger partial charge in [-0.05, 0) is 84.3 Å². The minimum Gasteiger partial charge on any atom is -0.490 e. The first-order chi connectivity index (χ1) is 14.0. The van der Waals surface area contributed by atoms with E-state index >= 15 is 0 Å². The van der Waals surface area contributed by atoms with Crippen molar-refractivity contribution in [3.8, 4) is 11.5 Å². The van der Waals surface area contributed by atoms with Crippen LogP contribution in [0.15, 0.2) is 54.6 Å². The van der Waals surface area contributed by atoms with Gasteiger partial charge in [-0.3, -0.25) is 0 Å². The smallest absolute Gasteiger partial charge is 0.174 e. The zero-order valence-corrected chi connectivity index (χ0v) is 19.8. The third-order valence-corrected chi connectivity index (χ3v) is 5.75. The van der Waals surface area contributed by atoms with Crippen molar-refractivity contribution in [3.05, 3.63) is 85.4 Å². The zero-order chi connectivity index (χ0) is 20.8. The summed E-state index contributed by atoms with van der Waals surface area (Å²) < 4.78 is 13.0. The van der Waals surface area contributed by atoms with Crippen molar-refractivity contribution in [3.63, 3.8) is 0 Å². The summed E-state index contributed by atoms with van der Waals surface area (Å²) in [6, 6.07) is 18.3. The molecule has 0 unspecified atom stereocenters. The number of benzene rings is 3. The Morgan fingerprint density at radius 1 is 1.00 bits per heavy atom. The molecule has 29 heavy (non-hydrogen) atoms. The highest BCUT2D eigenvalue weighted by atomic mass is 127. The highest BCUT2D eigenvalue weighted by molar-refractivity contribution is 14.1. The summed E-state index contributed by atoms with van der Waals surface area (Å²) in [5, 5.41) is 4.24. The van der Waals surface area contributed by atoms with Crippen molar-refractivity contribution in [1.82, 2.24) is 0 Å². The lowest BCUT2D eigenvalue weighted by molar-refractivity contribution is 0.267. The average molecular weight is 522 g/mol. The molecule has 0 saturated heterocycles. The van der Waals surface area contributed by atoms with Gasteiger partial charge in [0, 0.05) is 22.8 Å². The van der Waals surface area contributed by atoms with E-state index in [9.17, 15) is 0 Å². The van der Waals surface area contributed by atoms with Gasteiger partial charge in [0.05, 0.1) is 10.2 Å². The van der Waals surface area contributed by atoms with Crippen LogP contribution in [0.3, 0.4) is 0 Å². The van der Waals surface area contributed by atoms with E-state index in [4.69, 9.17) is 21.1 Å². The molecule has 0 aliphatic rings. The maximum Gasteiger partial charge on any atom is 0.174 e. The monoisotopic (exact) mass is 521 g/mol. The molecule has 0 heterocycles. The molecule has 0 aliphatic carbocycles. The van der Waals surface area contributed by atoms with E-state index in [0.29, 0.717) is 24.8 Å². The van der Waals surface area contributed by atoms with Crippen LogP contribution in [-0.2, 0) is 13.2 Å². The summed E-state index contributed by atoms with van der Waals surface area (Å²) >= 11 is 8.56. The van der Waals surface area contributed by atoms with E-state index in [0.717, 1.165) is 31.9 Å². The topological polar surface area (TPSA) is 30.5 Å². The Labute approximate surface area is 191 Å². The van der Waals surface area contributed by atoms with Crippen LogP contribution < -0.4 is 14.8 Å². The molecule has 1 N–H and O–H groups in total. The summed E-state index contributed by atoms with van der Waals surface area (Å²) in [6.07, 6.45) is 0. The number of halogens is 2. The van der Waals surface area contributed by atoms with Crippen molar-refractivity contribution >= 4 is 39.9 Å². The summed E-state index contributed by atoms with van der Waals surface area (Å²) in [7, 11) is 0. The first-order valence-electron chi connectivity index (χ1n) is 9.60. The molecule has 0 aromatic heterocycles. The van der Waals surface area contributed by atoms with Crippen molar-refractivity contribution in [1.29, 1.82) is 0 Å². The molecule has 5 heteroatoms. The molecule has 152 valence electrons. The van der Waals surface area contributed by atoms with E-state index in [1.165, 1.54) is 11.1 Å². The summed E-state index contributed by atoms with van der Waals surface area (Å²) in [6.45, 7) is 7.88. The predicted molar refractivity (Wildman–Crippen MR) is 129 cm³/mol. The standard InChI is InChI=1S/C24H25ClINO2/c1-4-28-23-13-18(14-27-22-11-16(2)9-10-17(22)3)12-21(26)24(23)29-15-19-7-5-6-8-20(19)25/h5-13,27H,4,14-15H2,1-3H3. The predicted octanol–water partition coefficient (Wildman–Crippen LogP) is 7.15. The van der Waals surface area contributed by atoms with Crippen LogP contribution in [0.1, 0.15) is 29.2 Å². The van der Waals surface area contributed by atoms with Gasteiger partial charge in [0.1, 0.15) is 6.61 Å². The van der Waals surface area contributed by atoms with E-state index < -0.39 is 0 Å². The summed E-state index contributed by atoms with van der Waals surface area (Å²) in [5.41, 5.74) is 5.72. The minimum atomic E-state index is 0.399. The average Bonchev–Trinajstić information content (AvgIpc) is 2.69. The third kappa shape index (κ3) is 5.80. The molecule has 3 aromatic carbocycles. The lowest BCUT2D eigenvalue weighted by Crippen LogP contribution is -2.05. The van der Waals surface area contributed by atoms with Gasteiger partial charge in [-0.2, -0.15) is 0 Å². The Balaban J connectivity index is 1.78. The lowest BCUT2D eigenvalue weighted by atomic mass is 10.1. The van der Waals surface area contributed by atoms with Crippen LogP contribution in [0.2, 0.25) is 5.02 Å². The molecule has 0 amide bonds. The van der Waals surface area contributed by atoms with Crippen LogP contribution in [-0.4, -0.2) is 6.61 Å². The Morgan fingerprint density at radius 3 is 2.55 bits per heavy atom. The number of hydrogen-bond donors (Lipinski definition) is 1. The molecular formula is C24H25ClINO2. The first-order valence-corrected chi connectivity index (χ1v) is 11.1. The van der Waals surface area contributed by atoms with Crippen LogP contribution in [0.4, 0.5) is 5.69 Å². The van der Waals surface area contributed by atoms with Crippen LogP contribution in [0.25, 0.3) is 0 Å². The number of hydrogen-bond acceptors (Lipinski definition) is 3. The highest BCUT2D eigenvalue weighted by Gasteiger charge is 2.13. The van der Waals surface area contributed by atoms with Crippen LogP contribution >= 0.6 is 34.2 Å². The number of ether oxygens (including phenoxy) is 2. The zero-order valence-electron chi connectivity index (χ0n) is 16.9. The van der Waals surface area contributed by atoms with Gasteiger partial charge < -0.3 is 14.8 Å². The van der Waals surface area contributed by atoms with E-state index in [-0.39, 0.29) is 0 Å². The minimum absolute atomic E-state index is 0.399. The third-order valence-electron chi connectivity index (χ3n) is 4.58. The molecule has 3 rings (SSSR count). The van der Waals surface area contributed by atoms with Gasteiger partial charge in [0.25, 0.3) is 0 Å². The van der Waals surface area contributed by atoms with Crippen molar-refractivity contribution in [2.24, 2.45) is 0 Å². The second kappa shape index (κ2) is 10.2. The molecule has 3 nitrogen and oxygen atoms in total. The fraction of sp³-hybridized carbons (Fsp3) is 0.250. The normalized spacial score (nSPS) is 10.7. The molecule has 0 spiro atoms. The van der Waals surface area contributed by atoms with Gasteiger partial charge >= 0.3 is 0 Å². The molecule has 0 aliphatic heterocycles. The van der Waals surface area contributed by atoms with Crippen molar-refractivity contribution in [2.75, 3.05) is 11.9 Å². The molecular weight excluding hydrogens is 497 g/mol. The molecule has 0 fully saturated rings. The largest absolute Gasteiger partial charge is 0.490 e. The van der Waals surface area contributed by atoms with Crippen molar-refractivity contribution in [2.45, 2.75) is 33.9 Å². The number of aryl methyl sites for hydroxylation is 2. The quantitative estimate of drug-likeness (QED) is 0.319. The SMILES string of the molecule is CCOc1cc(CNc2cc(C)ccc2C)cc(I)c1OCc1ccccc1Cl. The van der Waals surface area contributed by atoms with Gasteiger partial charge in [0.2, 0.25) is 0 Å². The van der Waals surface area contributed by atoms with E-state index in [2.05, 4.69) is 66.0 Å². The highest BCUT2D eigenvalue weighted by Crippen LogP contribution is 2.35. The fourth-order valence-corrected chi connectivity index (χ4v) is 4.03. The number of nitrogens with one attached hydrogen (secondary N) is 1. The number of anilines is 1. The Bertz CT molecular complexity index is 991. The first kappa shape index (κ1) is 21.8. The lowest BCUT2D eigenvalue weighted by Gasteiger charge is -2.17. The Morgan fingerprint density at radius 2 is 1.79 bits per heavy atom. The van der Waals surface area contributed by atoms with E-state index in [1.807, 2.05) is 37.3 Å². The Kier molecular flexibility index (Phi) is 7.67. The van der Waals surface area contributed by atoms with Gasteiger partial charge in [-0.25, -0.2) is 0 Å². The van der Waals surface area contributed by atoms with Gasteiger partial charge in [-0.15, -0.1) is 0 Å². The Hall–Kier alpha value is -1.92. The maximum atomic E-state index is 6.26. The van der Waals surface area contributed by atoms with Crippen LogP contribution in [0.5, 0.6) is 11.5 Å². The van der Waals surface area contributed by atoms with Crippen LogP contribution in [0, 0.1) is 17.4 Å². The summed E-state index contributed by atoms with van der Waals surface area (Å²) in [5.74, 6) is 1.51. The molecule has 0 saturated carbocycles. The molecule has 0 bridgehead atoms. The second-order valence-corrected chi connectivity index (χ2v) is 8.46. The van der Waals surface area contributed by atoms with Gasteiger partial charge in [0.15, 0.2) is 11.5 Å². The second-order valence-electron chi connectivity index (χ2n) is 6.89. The number of rotatable bonds is 8. The molecule has 0 atom stereocenters. The fourth-order valence-electron chi connectivity index (χ4n) is 3.02.